The van der Waals surface area contributed by atoms with Gasteiger partial charge in [-0.2, -0.15) is 0 Å². The van der Waals surface area contributed by atoms with Crippen LogP contribution in [-0.4, -0.2) is 52.3 Å². The number of nitrogens with zero attached hydrogens (tertiary/aromatic N) is 4. The molecule has 0 aliphatic rings. The number of hydrogen-bond acceptors (Lipinski definition) is 3. The number of imidazole rings is 1. The van der Waals surface area contributed by atoms with E-state index in [2.05, 4.69) is 35.4 Å². The molecule has 0 fully saturated rings. The molecule has 2 aromatic heterocycles. The number of aromatic nitrogens is 2. The normalized spacial score (nSPS) is 11.3. The molecule has 1 aromatic carbocycles. The Hall–Kier alpha value is -2.66. The number of amides is 1. The predicted octanol–water partition coefficient (Wildman–Crippen LogP) is 4.19. The van der Waals surface area contributed by atoms with Crippen molar-refractivity contribution in [3.8, 4) is 0 Å². The highest BCUT2D eigenvalue weighted by molar-refractivity contribution is 5.94. The number of benzene rings is 1. The first-order chi connectivity index (χ1) is 14.0. The van der Waals surface area contributed by atoms with Gasteiger partial charge in [-0.1, -0.05) is 49.7 Å². The minimum absolute atomic E-state index is 0.0112. The third-order valence-electron chi connectivity index (χ3n) is 5.39. The molecular formula is C24H32N4O. The Morgan fingerprint density at radius 1 is 1.07 bits per heavy atom. The van der Waals surface area contributed by atoms with Crippen LogP contribution in [0.4, 0.5) is 0 Å². The van der Waals surface area contributed by atoms with Crippen LogP contribution < -0.4 is 0 Å². The summed E-state index contributed by atoms with van der Waals surface area (Å²) >= 11 is 0. The summed E-state index contributed by atoms with van der Waals surface area (Å²) in [6, 6.07) is 14.3. The summed E-state index contributed by atoms with van der Waals surface area (Å²) in [6.45, 7) is 6.62. The Kier molecular flexibility index (Phi) is 7.04. The van der Waals surface area contributed by atoms with Gasteiger partial charge in [0.15, 0.2) is 5.69 Å². The molecule has 0 atom stereocenters. The highest BCUT2D eigenvalue weighted by atomic mass is 16.2. The van der Waals surface area contributed by atoms with Gasteiger partial charge in [-0.3, -0.25) is 4.79 Å². The third kappa shape index (κ3) is 5.04. The molecule has 1 amide bonds. The number of hydrogen-bond donors (Lipinski definition) is 0. The van der Waals surface area contributed by atoms with Crippen molar-refractivity contribution in [2.24, 2.45) is 0 Å². The fraction of sp³-hybridized carbons (Fsp3) is 0.417. The molecule has 0 bridgehead atoms. The van der Waals surface area contributed by atoms with Crippen LogP contribution in [0.3, 0.4) is 0 Å². The predicted molar refractivity (Wildman–Crippen MR) is 118 cm³/mol. The Balaban J connectivity index is 1.85. The molecule has 0 aliphatic heterocycles. The Morgan fingerprint density at radius 2 is 1.83 bits per heavy atom. The largest absolute Gasteiger partial charge is 0.340 e. The highest BCUT2D eigenvalue weighted by Gasteiger charge is 2.23. The summed E-state index contributed by atoms with van der Waals surface area (Å²) in [5, 5.41) is 0. The first-order valence-electron chi connectivity index (χ1n) is 10.5. The monoisotopic (exact) mass is 392 g/mol. The lowest BCUT2D eigenvalue weighted by Gasteiger charge is -2.19. The zero-order chi connectivity index (χ0) is 20.8. The molecule has 5 heteroatoms. The fourth-order valence-corrected chi connectivity index (χ4v) is 3.56. The fourth-order valence-electron chi connectivity index (χ4n) is 3.56. The smallest absolute Gasteiger partial charge is 0.274 e. The van der Waals surface area contributed by atoms with E-state index in [4.69, 9.17) is 4.98 Å². The van der Waals surface area contributed by atoms with E-state index in [1.54, 1.807) is 4.90 Å². The van der Waals surface area contributed by atoms with Crippen molar-refractivity contribution in [3.05, 3.63) is 71.2 Å². The maximum atomic E-state index is 13.3. The van der Waals surface area contributed by atoms with Gasteiger partial charge in [-0.15, -0.1) is 0 Å². The maximum Gasteiger partial charge on any atom is 0.274 e. The van der Waals surface area contributed by atoms with E-state index in [1.165, 1.54) is 5.56 Å². The van der Waals surface area contributed by atoms with Gasteiger partial charge in [0.25, 0.3) is 5.91 Å². The SMILES string of the molecule is CCCCN(C)Cc1c(C(=O)N(C)CCc2ccccc2)nc2c(C)cccn12. The quantitative estimate of drug-likeness (QED) is 0.548. The number of fused-ring (bicyclic) bond motifs is 1. The number of rotatable bonds is 9. The lowest BCUT2D eigenvalue weighted by molar-refractivity contribution is 0.0789. The van der Waals surface area contributed by atoms with E-state index in [1.807, 2.05) is 50.5 Å². The standard InChI is InChI=1S/C24H32N4O/c1-5-6-15-26(3)18-21-22(25-23-19(2)11-10-16-28(21)23)24(29)27(4)17-14-20-12-8-7-9-13-20/h7-13,16H,5-6,14-15,17-18H2,1-4H3. The van der Waals surface area contributed by atoms with Crippen LogP contribution in [0.15, 0.2) is 48.7 Å². The van der Waals surface area contributed by atoms with Gasteiger partial charge in [0, 0.05) is 26.3 Å². The number of pyridine rings is 1. The van der Waals surface area contributed by atoms with Crippen molar-refractivity contribution < 1.29 is 4.79 Å². The molecule has 0 N–H and O–H groups in total. The van der Waals surface area contributed by atoms with Crippen molar-refractivity contribution in [1.29, 1.82) is 0 Å². The summed E-state index contributed by atoms with van der Waals surface area (Å²) in [4.78, 5) is 22.1. The lowest BCUT2D eigenvalue weighted by atomic mass is 10.1. The van der Waals surface area contributed by atoms with Gasteiger partial charge in [-0.25, -0.2) is 4.98 Å². The van der Waals surface area contributed by atoms with Gasteiger partial charge in [0.2, 0.25) is 0 Å². The second-order valence-electron chi connectivity index (χ2n) is 7.85. The molecule has 3 rings (SSSR count). The van der Waals surface area contributed by atoms with E-state index >= 15 is 0 Å². The summed E-state index contributed by atoms with van der Waals surface area (Å²) in [6.07, 6.45) is 5.15. The Morgan fingerprint density at radius 3 is 2.55 bits per heavy atom. The van der Waals surface area contributed by atoms with Gasteiger partial charge in [0.05, 0.1) is 5.69 Å². The average molecular weight is 393 g/mol. The molecule has 0 unspecified atom stereocenters. The first-order valence-corrected chi connectivity index (χ1v) is 10.5. The van der Waals surface area contributed by atoms with Crippen LogP contribution in [0, 0.1) is 6.92 Å². The van der Waals surface area contributed by atoms with Gasteiger partial charge in [0.1, 0.15) is 5.65 Å². The van der Waals surface area contributed by atoms with Crippen LogP contribution in [0.1, 0.15) is 47.1 Å². The molecule has 0 saturated carbocycles. The van der Waals surface area contributed by atoms with Crippen molar-refractivity contribution in [2.45, 2.75) is 39.7 Å². The molecule has 154 valence electrons. The van der Waals surface area contributed by atoms with Crippen LogP contribution in [0.5, 0.6) is 0 Å². The maximum absolute atomic E-state index is 13.3. The Labute approximate surface area is 174 Å². The van der Waals surface area contributed by atoms with Crippen LogP contribution >= 0.6 is 0 Å². The number of unbranched alkanes of at least 4 members (excludes halogenated alkanes) is 1. The van der Waals surface area contributed by atoms with Crippen molar-refractivity contribution in [2.75, 3.05) is 27.2 Å². The topological polar surface area (TPSA) is 40.9 Å². The third-order valence-corrected chi connectivity index (χ3v) is 5.39. The van der Waals surface area contributed by atoms with Crippen LogP contribution in [-0.2, 0) is 13.0 Å². The van der Waals surface area contributed by atoms with Crippen molar-refractivity contribution in [1.82, 2.24) is 19.2 Å². The number of likely N-dealkylation sites (N-methyl/N-ethyl adjacent to an activating group) is 1. The molecule has 0 saturated heterocycles. The van der Waals surface area contributed by atoms with E-state index < -0.39 is 0 Å². The van der Waals surface area contributed by atoms with Gasteiger partial charge in [-0.05, 0) is 50.6 Å². The van der Waals surface area contributed by atoms with E-state index in [0.717, 1.165) is 42.7 Å². The second kappa shape index (κ2) is 9.70. The second-order valence-corrected chi connectivity index (χ2v) is 7.85. The van der Waals surface area contributed by atoms with E-state index in [-0.39, 0.29) is 5.91 Å². The molecule has 2 heterocycles. The minimum atomic E-state index is -0.0112. The molecule has 3 aromatic rings. The number of aryl methyl sites for hydroxylation is 1. The summed E-state index contributed by atoms with van der Waals surface area (Å²) in [7, 11) is 3.98. The molecular weight excluding hydrogens is 360 g/mol. The lowest BCUT2D eigenvalue weighted by Crippen LogP contribution is -2.31. The van der Waals surface area contributed by atoms with Gasteiger partial charge >= 0.3 is 0 Å². The molecule has 0 radical (unpaired) electrons. The van der Waals surface area contributed by atoms with Crippen molar-refractivity contribution in [3.63, 3.8) is 0 Å². The Bertz CT molecular complexity index is 948. The van der Waals surface area contributed by atoms with Crippen molar-refractivity contribution >= 4 is 11.6 Å². The van der Waals surface area contributed by atoms with E-state index in [0.29, 0.717) is 18.8 Å². The highest BCUT2D eigenvalue weighted by Crippen LogP contribution is 2.19. The van der Waals surface area contributed by atoms with Crippen LogP contribution in [0.2, 0.25) is 0 Å². The zero-order valence-corrected chi connectivity index (χ0v) is 18.1. The minimum Gasteiger partial charge on any atom is -0.340 e. The summed E-state index contributed by atoms with van der Waals surface area (Å²) in [5.74, 6) is -0.0112. The zero-order valence-electron chi connectivity index (χ0n) is 18.1. The van der Waals surface area contributed by atoms with E-state index in [9.17, 15) is 4.79 Å². The molecule has 29 heavy (non-hydrogen) atoms. The molecule has 0 aliphatic carbocycles. The first kappa shape index (κ1) is 21.1. The number of carbonyl (C=O) groups is 1. The molecule has 5 nitrogen and oxygen atoms in total. The summed E-state index contributed by atoms with van der Waals surface area (Å²) in [5.41, 5.74) is 4.72. The molecule has 0 spiro atoms. The average Bonchev–Trinajstić information content (AvgIpc) is 3.10. The number of carbonyl (C=O) groups excluding carboxylic acids is 1. The van der Waals surface area contributed by atoms with Gasteiger partial charge < -0.3 is 14.2 Å². The van der Waals surface area contributed by atoms with Crippen LogP contribution in [0.25, 0.3) is 5.65 Å². The summed E-state index contributed by atoms with van der Waals surface area (Å²) < 4.78 is 2.08.